The zero-order valence-corrected chi connectivity index (χ0v) is 12.4. The second-order valence-electron chi connectivity index (χ2n) is 4.41. The Balaban J connectivity index is 2.12. The zero-order chi connectivity index (χ0) is 14.8. The van der Waals surface area contributed by atoms with Crippen molar-refractivity contribution in [1.29, 1.82) is 0 Å². The summed E-state index contributed by atoms with van der Waals surface area (Å²) in [4.78, 5) is 0.208. The van der Waals surface area contributed by atoms with Crippen LogP contribution in [-0.2, 0) is 23.6 Å². The Labute approximate surface area is 118 Å². The summed E-state index contributed by atoms with van der Waals surface area (Å²) in [6.07, 6.45) is 1.80. The lowest BCUT2D eigenvalue weighted by Gasteiger charge is -2.07. The molecule has 108 valence electrons. The average Bonchev–Trinajstić information content (AvgIpc) is 2.75. The standard InChI is InChI=1S/C13H17N3O3S/c1-10-11(9-16(2)15-10)8-14-20(17,18)13-6-4-12(19-3)5-7-13/h4-7,9,14H,8H2,1-3H3. The van der Waals surface area contributed by atoms with Gasteiger partial charge in [0.25, 0.3) is 0 Å². The van der Waals surface area contributed by atoms with Crippen LogP contribution in [0.4, 0.5) is 0 Å². The number of nitrogens with one attached hydrogen (secondary N) is 1. The smallest absolute Gasteiger partial charge is 0.240 e. The molecule has 0 bridgehead atoms. The first-order valence-corrected chi connectivity index (χ1v) is 7.53. The summed E-state index contributed by atoms with van der Waals surface area (Å²) in [5, 5.41) is 4.17. The van der Waals surface area contributed by atoms with Gasteiger partial charge >= 0.3 is 0 Å². The van der Waals surface area contributed by atoms with E-state index in [1.165, 1.54) is 19.2 Å². The van der Waals surface area contributed by atoms with Crippen LogP contribution >= 0.6 is 0 Å². The molecule has 0 saturated heterocycles. The van der Waals surface area contributed by atoms with Crippen LogP contribution in [0, 0.1) is 6.92 Å². The van der Waals surface area contributed by atoms with Gasteiger partial charge < -0.3 is 4.74 Å². The highest BCUT2D eigenvalue weighted by molar-refractivity contribution is 7.89. The van der Waals surface area contributed by atoms with Crippen molar-refractivity contribution in [1.82, 2.24) is 14.5 Å². The first-order chi connectivity index (χ1) is 9.42. The van der Waals surface area contributed by atoms with E-state index in [1.54, 1.807) is 30.1 Å². The molecule has 1 aromatic heterocycles. The molecule has 1 aromatic carbocycles. The number of ether oxygens (including phenoxy) is 1. The fourth-order valence-corrected chi connectivity index (χ4v) is 2.84. The van der Waals surface area contributed by atoms with Crippen molar-refractivity contribution in [3.63, 3.8) is 0 Å². The Morgan fingerprint density at radius 2 is 1.95 bits per heavy atom. The normalized spacial score (nSPS) is 11.6. The number of methoxy groups -OCH3 is 1. The number of nitrogens with zero attached hydrogens (tertiary/aromatic N) is 2. The molecule has 20 heavy (non-hydrogen) atoms. The Hall–Kier alpha value is -1.86. The summed E-state index contributed by atoms with van der Waals surface area (Å²) in [7, 11) is -0.199. The average molecular weight is 295 g/mol. The predicted molar refractivity (Wildman–Crippen MR) is 75.0 cm³/mol. The molecule has 0 aliphatic carbocycles. The van der Waals surface area contributed by atoms with Crippen LogP contribution in [0.5, 0.6) is 5.75 Å². The van der Waals surface area contributed by atoms with Gasteiger partial charge in [-0.1, -0.05) is 0 Å². The Morgan fingerprint density at radius 1 is 1.30 bits per heavy atom. The molecule has 2 rings (SSSR count). The van der Waals surface area contributed by atoms with E-state index in [9.17, 15) is 8.42 Å². The molecule has 0 spiro atoms. The third-order valence-corrected chi connectivity index (χ3v) is 4.35. The van der Waals surface area contributed by atoms with Gasteiger partial charge in [-0.3, -0.25) is 4.68 Å². The molecule has 6 nitrogen and oxygen atoms in total. The van der Waals surface area contributed by atoms with Crippen LogP contribution in [0.3, 0.4) is 0 Å². The van der Waals surface area contributed by atoms with E-state index in [0.717, 1.165) is 11.3 Å². The predicted octanol–water partition coefficient (Wildman–Crippen LogP) is 1.22. The lowest BCUT2D eigenvalue weighted by atomic mass is 10.3. The summed E-state index contributed by atoms with van der Waals surface area (Å²) in [6, 6.07) is 6.25. The molecule has 0 aliphatic rings. The van der Waals surface area contributed by atoms with E-state index >= 15 is 0 Å². The second kappa shape index (κ2) is 5.64. The number of hydrogen-bond acceptors (Lipinski definition) is 4. The van der Waals surface area contributed by atoms with Gasteiger partial charge in [-0.25, -0.2) is 13.1 Å². The molecule has 0 atom stereocenters. The minimum absolute atomic E-state index is 0.208. The molecule has 1 N–H and O–H groups in total. The molecular weight excluding hydrogens is 278 g/mol. The van der Waals surface area contributed by atoms with Gasteiger partial charge in [-0.2, -0.15) is 5.10 Å². The van der Waals surface area contributed by atoms with E-state index in [2.05, 4.69) is 9.82 Å². The minimum atomic E-state index is -3.53. The van der Waals surface area contributed by atoms with E-state index in [1.807, 2.05) is 6.92 Å². The van der Waals surface area contributed by atoms with Crippen molar-refractivity contribution in [2.75, 3.05) is 7.11 Å². The fraction of sp³-hybridized carbons (Fsp3) is 0.308. The minimum Gasteiger partial charge on any atom is -0.497 e. The van der Waals surface area contributed by atoms with Crippen molar-refractivity contribution in [2.45, 2.75) is 18.4 Å². The molecule has 0 fully saturated rings. The summed E-state index contributed by atoms with van der Waals surface area (Å²) in [5.74, 6) is 0.618. The van der Waals surface area contributed by atoms with Crippen molar-refractivity contribution >= 4 is 10.0 Å². The third-order valence-electron chi connectivity index (χ3n) is 2.94. The number of hydrogen-bond donors (Lipinski definition) is 1. The summed E-state index contributed by atoms with van der Waals surface area (Å²) in [5.41, 5.74) is 1.66. The lowest BCUT2D eigenvalue weighted by molar-refractivity contribution is 0.414. The molecule has 0 amide bonds. The van der Waals surface area contributed by atoms with E-state index < -0.39 is 10.0 Å². The number of aryl methyl sites for hydroxylation is 2. The maximum atomic E-state index is 12.1. The van der Waals surface area contributed by atoms with Crippen molar-refractivity contribution in [2.24, 2.45) is 7.05 Å². The summed E-state index contributed by atoms with van der Waals surface area (Å²) < 4.78 is 33.5. The van der Waals surface area contributed by atoms with Gasteiger partial charge in [0, 0.05) is 25.4 Å². The largest absolute Gasteiger partial charge is 0.497 e. The molecule has 0 radical (unpaired) electrons. The quantitative estimate of drug-likeness (QED) is 0.900. The monoisotopic (exact) mass is 295 g/mol. The topological polar surface area (TPSA) is 73.2 Å². The van der Waals surface area contributed by atoms with Crippen LogP contribution in [-0.4, -0.2) is 25.3 Å². The van der Waals surface area contributed by atoms with E-state index in [4.69, 9.17) is 4.74 Å². The lowest BCUT2D eigenvalue weighted by Crippen LogP contribution is -2.23. The van der Waals surface area contributed by atoms with E-state index in [-0.39, 0.29) is 11.4 Å². The van der Waals surface area contributed by atoms with Crippen molar-refractivity contribution < 1.29 is 13.2 Å². The molecule has 7 heteroatoms. The van der Waals surface area contributed by atoms with Gasteiger partial charge in [0.05, 0.1) is 17.7 Å². The Morgan fingerprint density at radius 3 is 2.45 bits per heavy atom. The van der Waals surface area contributed by atoms with Crippen LogP contribution in [0.2, 0.25) is 0 Å². The molecule has 0 aliphatic heterocycles. The Kier molecular flexibility index (Phi) is 4.10. The zero-order valence-electron chi connectivity index (χ0n) is 11.6. The Bertz CT molecular complexity index is 690. The number of benzene rings is 1. The summed E-state index contributed by atoms with van der Waals surface area (Å²) >= 11 is 0. The number of sulfonamides is 1. The van der Waals surface area contributed by atoms with Crippen LogP contribution in [0.15, 0.2) is 35.4 Å². The number of rotatable bonds is 5. The van der Waals surface area contributed by atoms with Gasteiger partial charge in [0.2, 0.25) is 10.0 Å². The van der Waals surface area contributed by atoms with Crippen molar-refractivity contribution in [3.05, 3.63) is 41.7 Å². The maximum absolute atomic E-state index is 12.1. The summed E-state index contributed by atoms with van der Waals surface area (Å²) in [6.45, 7) is 2.06. The first kappa shape index (κ1) is 14.5. The number of aromatic nitrogens is 2. The van der Waals surface area contributed by atoms with Gasteiger partial charge in [0.15, 0.2) is 0 Å². The third kappa shape index (κ3) is 3.17. The van der Waals surface area contributed by atoms with Gasteiger partial charge in [0.1, 0.15) is 5.75 Å². The first-order valence-electron chi connectivity index (χ1n) is 6.05. The van der Waals surface area contributed by atoms with Crippen LogP contribution < -0.4 is 9.46 Å². The SMILES string of the molecule is COc1ccc(S(=O)(=O)NCc2cn(C)nc2C)cc1. The molecule has 0 saturated carbocycles. The highest BCUT2D eigenvalue weighted by Crippen LogP contribution is 2.16. The molecule has 0 unspecified atom stereocenters. The highest BCUT2D eigenvalue weighted by Gasteiger charge is 2.14. The van der Waals surface area contributed by atoms with Crippen molar-refractivity contribution in [3.8, 4) is 5.75 Å². The van der Waals surface area contributed by atoms with Gasteiger partial charge in [-0.15, -0.1) is 0 Å². The van der Waals surface area contributed by atoms with E-state index in [0.29, 0.717) is 5.75 Å². The molecular formula is C13H17N3O3S. The molecule has 1 heterocycles. The second-order valence-corrected chi connectivity index (χ2v) is 6.18. The maximum Gasteiger partial charge on any atom is 0.240 e. The highest BCUT2D eigenvalue weighted by atomic mass is 32.2. The van der Waals surface area contributed by atoms with Crippen LogP contribution in [0.25, 0.3) is 0 Å². The van der Waals surface area contributed by atoms with Gasteiger partial charge in [-0.05, 0) is 31.2 Å². The molecule has 2 aromatic rings. The fourth-order valence-electron chi connectivity index (χ4n) is 1.83. The van der Waals surface area contributed by atoms with Crippen LogP contribution in [0.1, 0.15) is 11.3 Å².